The first-order chi connectivity index (χ1) is 7.77. The number of nitriles is 1. The molecule has 92 valence electrons. The topological polar surface area (TPSA) is 53.0 Å². The lowest BCUT2D eigenvalue weighted by Crippen LogP contribution is -2.39. The summed E-state index contributed by atoms with van der Waals surface area (Å²) in [5.74, 6) is 0. The van der Waals surface area contributed by atoms with Crippen LogP contribution in [0.1, 0.15) is 33.3 Å². The third-order valence-electron chi connectivity index (χ3n) is 3.37. The van der Waals surface area contributed by atoms with E-state index in [1.807, 2.05) is 13.1 Å². The maximum absolute atomic E-state index is 8.81. The van der Waals surface area contributed by atoms with Crippen LogP contribution < -0.4 is 10.6 Å². The fraction of sp³-hybridized carbons (Fsp3) is 0.500. The summed E-state index contributed by atoms with van der Waals surface area (Å²) in [6.07, 6.45) is 0. The van der Waals surface area contributed by atoms with Crippen LogP contribution in [0.5, 0.6) is 0 Å². The van der Waals surface area contributed by atoms with Crippen LogP contribution in [-0.2, 0) is 0 Å². The van der Waals surface area contributed by atoms with E-state index in [2.05, 4.69) is 38.7 Å². The first kappa shape index (κ1) is 13.4. The van der Waals surface area contributed by atoms with Crippen molar-refractivity contribution in [1.82, 2.24) is 0 Å². The molecule has 0 aliphatic heterocycles. The lowest BCUT2D eigenvalue weighted by atomic mass is 9.87. The first-order valence-corrected chi connectivity index (χ1v) is 5.80. The van der Waals surface area contributed by atoms with Crippen molar-refractivity contribution < 1.29 is 0 Å². The Morgan fingerprint density at radius 1 is 1.35 bits per heavy atom. The van der Waals surface area contributed by atoms with E-state index in [1.54, 1.807) is 12.1 Å². The number of rotatable bonds is 2. The summed E-state index contributed by atoms with van der Waals surface area (Å²) in [5, 5.41) is 8.81. The van der Waals surface area contributed by atoms with Gasteiger partial charge in [0.15, 0.2) is 0 Å². The molecule has 3 heteroatoms. The number of hydrogen-bond donors (Lipinski definition) is 1. The molecule has 0 fully saturated rings. The molecule has 0 spiro atoms. The molecule has 0 aliphatic carbocycles. The smallest absolute Gasteiger partial charge is 0.0992 e. The highest BCUT2D eigenvalue weighted by Crippen LogP contribution is 2.31. The van der Waals surface area contributed by atoms with Crippen LogP contribution in [0.4, 0.5) is 11.4 Å². The average molecular weight is 231 g/mol. The van der Waals surface area contributed by atoms with Gasteiger partial charge in [0.1, 0.15) is 0 Å². The quantitative estimate of drug-likeness (QED) is 0.796. The van der Waals surface area contributed by atoms with Crippen molar-refractivity contribution in [3.63, 3.8) is 0 Å². The molecule has 0 bridgehead atoms. The maximum Gasteiger partial charge on any atom is 0.0992 e. The van der Waals surface area contributed by atoms with Gasteiger partial charge in [-0.15, -0.1) is 0 Å². The molecule has 1 aromatic carbocycles. The Morgan fingerprint density at radius 2 is 1.94 bits per heavy atom. The number of nitrogens with two attached hydrogens (primary N) is 1. The van der Waals surface area contributed by atoms with E-state index in [-0.39, 0.29) is 5.41 Å². The van der Waals surface area contributed by atoms with Crippen molar-refractivity contribution >= 4 is 11.4 Å². The van der Waals surface area contributed by atoms with Gasteiger partial charge in [-0.05, 0) is 30.5 Å². The van der Waals surface area contributed by atoms with Crippen LogP contribution >= 0.6 is 0 Å². The second-order valence-electron chi connectivity index (χ2n) is 5.54. The van der Waals surface area contributed by atoms with Crippen molar-refractivity contribution in [3.8, 4) is 6.07 Å². The minimum Gasteiger partial charge on any atom is -0.397 e. The highest BCUT2D eigenvalue weighted by atomic mass is 15.1. The Morgan fingerprint density at radius 3 is 2.35 bits per heavy atom. The zero-order valence-electron chi connectivity index (χ0n) is 11.3. The number of nitrogen functional groups attached to an aromatic ring is 1. The van der Waals surface area contributed by atoms with Gasteiger partial charge in [0.2, 0.25) is 0 Å². The molecule has 0 heterocycles. The van der Waals surface area contributed by atoms with Gasteiger partial charge >= 0.3 is 0 Å². The minimum absolute atomic E-state index is 0.176. The summed E-state index contributed by atoms with van der Waals surface area (Å²) >= 11 is 0. The number of anilines is 2. The van der Waals surface area contributed by atoms with E-state index in [0.717, 1.165) is 5.69 Å². The Hall–Kier alpha value is -1.69. The molecule has 0 radical (unpaired) electrons. The fourth-order valence-corrected chi connectivity index (χ4v) is 1.73. The maximum atomic E-state index is 8.81. The van der Waals surface area contributed by atoms with Crippen LogP contribution in [0.2, 0.25) is 0 Å². The summed E-state index contributed by atoms with van der Waals surface area (Å²) in [5.41, 5.74) is 8.40. The van der Waals surface area contributed by atoms with Crippen molar-refractivity contribution in [2.75, 3.05) is 17.7 Å². The second-order valence-corrected chi connectivity index (χ2v) is 5.54. The Kier molecular flexibility index (Phi) is 3.67. The SMILES string of the molecule is CC(N(C)c1ccc(C#N)cc1N)C(C)(C)C. The molecule has 2 N–H and O–H groups in total. The zero-order valence-corrected chi connectivity index (χ0v) is 11.3. The van der Waals surface area contributed by atoms with Gasteiger partial charge < -0.3 is 10.6 Å². The molecule has 0 saturated heterocycles. The summed E-state index contributed by atoms with van der Waals surface area (Å²) in [4.78, 5) is 2.16. The van der Waals surface area contributed by atoms with Crippen molar-refractivity contribution in [3.05, 3.63) is 23.8 Å². The molecule has 3 nitrogen and oxygen atoms in total. The van der Waals surface area contributed by atoms with E-state index >= 15 is 0 Å². The van der Waals surface area contributed by atoms with Gasteiger partial charge in [-0.3, -0.25) is 0 Å². The van der Waals surface area contributed by atoms with Crippen LogP contribution in [0.15, 0.2) is 18.2 Å². The third-order valence-corrected chi connectivity index (χ3v) is 3.37. The van der Waals surface area contributed by atoms with E-state index in [9.17, 15) is 0 Å². The summed E-state index contributed by atoms with van der Waals surface area (Å²) in [6, 6.07) is 7.89. The van der Waals surface area contributed by atoms with Gasteiger partial charge in [-0.25, -0.2) is 0 Å². The molecule has 1 aromatic rings. The molecule has 17 heavy (non-hydrogen) atoms. The molecule has 0 aromatic heterocycles. The molecular formula is C14H21N3. The van der Waals surface area contributed by atoms with Crippen LogP contribution in [0, 0.1) is 16.7 Å². The highest BCUT2D eigenvalue weighted by Gasteiger charge is 2.25. The normalized spacial score (nSPS) is 12.9. The van der Waals surface area contributed by atoms with Gasteiger partial charge in [0.05, 0.1) is 23.0 Å². The zero-order chi connectivity index (χ0) is 13.2. The predicted molar refractivity (Wildman–Crippen MR) is 72.9 cm³/mol. The van der Waals surface area contributed by atoms with Crippen molar-refractivity contribution in [1.29, 1.82) is 5.26 Å². The molecular weight excluding hydrogens is 210 g/mol. The van der Waals surface area contributed by atoms with Gasteiger partial charge in [-0.2, -0.15) is 5.26 Å². The number of nitrogens with zero attached hydrogens (tertiary/aromatic N) is 2. The minimum atomic E-state index is 0.176. The second kappa shape index (κ2) is 4.67. The molecule has 0 amide bonds. The van der Waals surface area contributed by atoms with E-state index in [1.165, 1.54) is 0 Å². The summed E-state index contributed by atoms with van der Waals surface area (Å²) < 4.78 is 0. The highest BCUT2D eigenvalue weighted by molar-refractivity contribution is 5.69. The summed E-state index contributed by atoms with van der Waals surface area (Å²) in [7, 11) is 2.04. The molecule has 0 aliphatic rings. The Labute approximate surface area is 104 Å². The number of hydrogen-bond acceptors (Lipinski definition) is 3. The Bertz CT molecular complexity index is 438. The molecule has 1 atom stereocenters. The largest absolute Gasteiger partial charge is 0.397 e. The van der Waals surface area contributed by atoms with Crippen LogP contribution in [0.3, 0.4) is 0 Å². The third kappa shape index (κ3) is 2.91. The summed E-state index contributed by atoms with van der Waals surface area (Å²) in [6.45, 7) is 8.79. The molecule has 1 unspecified atom stereocenters. The Balaban J connectivity index is 3.06. The molecule has 1 rings (SSSR count). The standard InChI is InChI=1S/C14H21N3/c1-10(14(2,3)4)17(5)13-7-6-11(9-15)8-12(13)16/h6-8,10H,16H2,1-5H3. The van der Waals surface area contributed by atoms with Gasteiger partial charge in [0.25, 0.3) is 0 Å². The van der Waals surface area contributed by atoms with E-state index in [4.69, 9.17) is 11.0 Å². The van der Waals surface area contributed by atoms with Gasteiger partial charge in [-0.1, -0.05) is 20.8 Å². The van der Waals surface area contributed by atoms with Crippen LogP contribution in [0.25, 0.3) is 0 Å². The van der Waals surface area contributed by atoms with E-state index < -0.39 is 0 Å². The fourth-order valence-electron chi connectivity index (χ4n) is 1.73. The van der Waals surface area contributed by atoms with Crippen LogP contribution in [-0.4, -0.2) is 13.1 Å². The monoisotopic (exact) mass is 231 g/mol. The van der Waals surface area contributed by atoms with Crippen molar-refractivity contribution in [2.45, 2.75) is 33.7 Å². The average Bonchev–Trinajstić information content (AvgIpc) is 2.25. The first-order valence-electron chi connectivity index (χ1n) is 5.80. The predicted octanol–water partition coefficient (Wildman–Crippen LogP) is 3.01. The van der Waals surface area contributed by atoms with Crippen molar-refractivity contribution in [2.24, 2.45) is 5.41 Å². The lowest BCUT2D eigenvalue weighted by molar-refractivity contribution is 0.330. The lowest BCUT2D eigenvalue weighted by Gasteiger charge is -2.37. The van der Waals surface area contributed by atoms with Gasteiger partial charge in [0, 0.05) is 13.1 Å². The van der Waals surface area contributed by atoms with E-state index in [0.29, 0.717) is 17.3 Å². The number of benzene rings is 1. The molecule has 0 saturated carbocycles.